The van der Waals surface area contributed by atoms with E-state index >= 15 is 0 Å². The lowest BCUT2D eigenvalue weighted by Crippen LogP contribution is -2.22. The topological polar surface area (TPSA) is 85.1 Å². The van der Waals surface area contributed by atoms with E-state index in [4.69, 9.17) is 4.42 Å². The van der Waals surface area contributed by atoms with Gasteiger partial charge in [0.25, 0.3) is 10.0 Å². The van der Waals surface area contributed by atoms with Gasteiger partial charge in [-0.1, -0.05) is 24.6 Å². The molecule has 0 amide bonds. The summed E-state index contributed by atoms with van der Waals surface area (Å²) >= 11 is 1.26. The molecule has 8 heteroatoms. The lowest BCUT2D eigenvalue weighted by molar-refractivity contribution is 0.494. The van der Waals surface area contributed by atoms with Crippen LogP contribution < -0.4 is 4.72 Å². The Morgan fingerprint density at radius 1 is 1.12 bits per heavy atom. The fourth-order valence-corrected chi connectivity index (χ4v) is 4.37. The van der Waals surface area contributed by atoms with E-state index in [1.807, 2.05) is 44.2 Å². The van der Waals surface area contributed by atoms with Gasteiger partial charge in [0.1, 0.15) is 4.21 Å². The van der Waals surface area contributed by atoms with Crippen molar-refractivity contribution >= 4 is 21.4 Å². The van der Waals surface area contributed by atoms with Crippen molar-refractivity contribution in [3.05, 3.63) is 52.7 Å². The summed E-state index contributed by atoms with van der Waals surface area (Å²) in [5.41, 5.74) is 1.93. The van der Waals surface area contributed by atoms with Crippen LogP contribution in [0.25, 0.3) is 11.5 Å². The summed E-state index contributed by atoms with van der Waals surface area (Å²) in [5.74, 6) is 0.593. The van der Waals surface area contributed by atoms with Crippen molar-refractivity contribution in [3.63, 3.8) is 0 Å². The van der Waals surface area contributed by atoms with Crippen molar-refractivity contribution in [2.75, 3.05) is 0 Å². The van der Waals surface area contributed by atoms with Crippen molar-refractivity contribution in [1.29, 1.82) is 0 Å². The first-order valence-corrected chi connectivity index (χ1v) is 9.75. The first kappa shape index (κ1) is 16.8. The maximum Gasteiger partial charge on any atom is 0.250 e. The molecule has 0 aliphatic heterocycles. The molecular formula is C16H17N3O3S2. The zero-order valence-electron chi connectivity index (χ0n) is 13.3. The Balaban J connectivity index is 1.70. The first-order chi connectivity index (χ1) is 11.5. The van der Waals surface area contributed by atoms with E-state index in [1.165, 1.54) is 11.3 Å². The summed E-state index contributed by atoms with van der Waals surface area (Å²) in [6.45, 7) is 3.94. The molecule has 0 unspecified atom stereocenters. The van der Waals surface area contributed by atoms with E-state index in [-0.39, 0.29) is 16.6 Å². The molecule has 3 aromatic rings. The highest BCUT2D eigenvalue weighted by molar-refractivity contribution is 7.91. The number of nitrogens with zero attached hydrogens (tertiary/aromatic N) is 2. The molecule has 0 saturated carbocycles. The SMILES string of the molecule is CCc1ccc(S(=O)(=O)NCc2nnc(-c3ccc(C)cc3)o2)s1. The van der Waals surface area contributed by atoms with Gasteiger partial charge < -0.3 is 4.42 Å². The van der Waals surface area contributed by atoms with Crippen LogP contribution in [0, 0.1) is 6.92 Å². The van der Waals surface area contributed by atoms with Crippen molar-refractivity contribution in [1.82, 2.24) is 14.9 Å². The molecule has 0 fully saturated rings. The average molecular weight is 363 g/mol. The van der Waals surface area contributed by atoms with Crippen molar-refractivity contribution in [2.45, 2.75) is 31.0 Å². The van der Waals surface area contributed by atoms with Crippen LogP contribution in [0.4, 0.5) is 0 Å². The number of aromatic nitrogens is 2. The minimum Gasteiger partial charge on any atom is -0.419 e. The molecule has 6 nitrogen and oxygen atoms in total. The van der Waals surface area contributed by atoms with E-state index in [0.29, 0.717) is 5.89 Å². The number of hydrogen-bond donors (Lipinski definition) is 1. The van der Waals surface area contributed by atoms with Gasteiger partial charge in [-0.05, 0) is 37.6 Å². The summed E-state index contributed by atoms with van der Waals surface area (Å²) in [6, 6.07) is 11.1. The highest BCUT2D eigenvalue weighted by Crippen LogP contribution is 2.22. The van der Waals surface area contributed by atoms with Gasteiger partial charge in [0.2, 0.25) is 11.8 Å². The third kappa shape index (κ3) is 3.72. The summed E-state index contributed by atoms with van der Waals surface area (Å²) < 4.78 is 32.8. The minimum absolute atomic E-state index is 0.0411. The average Bonchev–Trinajstić information content (AvgIpc) is 3.23. The molecule has 1 N–H and O–H groups in total. The molecule has 0 bridgehead atoms. The third-order valence-corrected chi connectivity index (χ3v) is 6.55. The molecule has 3 rings (SSSR count). The molecule has 0 aliphatic carbocycles. The second-order valence-corrected chi connectivity index (χ2v) is 8.43. The molecule has 0 spiro atoms. The van der Waals surface area contributed by atoms with Gasteiger partial charge >= 0.3 is 0 Å². The van der Waals surface area contributed by atoms with Gasteiger partial charge in [0.15, 0.2) is 0 Å². The summed E-state index contributed by atoms with van der Waals surface area (Å²) in [4.78, 5) is 1.02. The van der Waals surface area contributed by atoms with Crippen LogP contribution in [-0.2, 0) is 23.0 Å². The Morgan fingerprint density at radius 3 is 2.54 bits per heavy atom. The smallest absolute Gasteiger partial charge is 0.250 e. The third-order valence-electron chi connectivity index (χ3n) is 3.43. The van der Waals surface area contributed by atoms with Gasteiger partial charge in [0, 0.05) is 10.4 Å². The second kappa shape index (κ2) is 6.84. The van der Waals surface area contributed by atoms with E-state index in [0.717, 1.165) is 22.4 Å². The number of benzene rings is 1. The number of aryl methyl sites for hydroxylation is 2. The normalized spacial score (nSPS) is 11.8. The zero-order chi connectivity index (χ0) is 17.2. The number of hydrogen-bond acceptors (Lipinski definition) is 6. The highest BCUT2D eigenvalue weighted by Gasteiger charge is 2.18. The van der Waals surface area contributed by atoms with Gasteiger partial charge in [-0.15, -0.1) is 21.5 Å². The quantitative estimate of drug-likeness (QED) is 0.727. The summed E-state index contributed by atoms with van der Waals surface area (Å²) in [7, 11) is -3.57. The Bertz CT molecular complexity index is 928. The number of sulfonamides is 1. The monoisotopic (exact) mass is 363 g/mol. The highest BCUT2D eigenvalue weighted by atomic mass is 32.2. The predicted octanol–water partition coefficient (Wildman–Crippen LogP) is 3.15. The second-order valence-electron chi connectivity index (χ2n) is 5.27. The standard InChI is InChI=1S/C16H17N3O3S2/c1-3-13-8-9-15(23-13)24(20,21)17-10-14-18-19-16(22-14)12-6-4-11(2)5-7-12/h4-9,17H,3,10H2,1-2H3. The van der Waals surface area contributed by atoms with E-state index in [2.05, 4.69) is 14.9 Å². The maximum absolute atomic E-state index is 12.3. The summed E-state index contributed by atoms with van der Waals surface area (Å²) in [6.07, 6.45) is 0.809. The number of rotatable bonds is 6. The largest absolute Gasteiger partial charge is 0.419 e. The molecule has 0 aliphatic rings. The molecule has 24 heavy (non-hydrogen) atoms. The molecule has 126 valence electrons. The fourth-order valence-electron chi connectivity index (χ4n) is 2.06. The number of nitrogens with one attached hydrogen (secondary N) is 1. The van der Waals surface area contributed by atoms with Crippen LogP contribution in [-0.4, -0.2) is 18.6 Å². The van der Waals surface area contributed by atoms with Gasteiger partial charge in [0.05, 0.1) is 6.54 Å². The van der Waals surface area contributed by atoms with Crippen LogP contribution in [0.3, 0.4) is 0 Å². The fraction of sp³-hybridized carbons (Fsp3) is 0.250. The Kier molecular flexibility index (Phi) is 4.79. The molecule has 2 heterocycles. The Labute approximate surface area is 144 Å². The molecule has 0 radical (unpaired) electrons. The Hall–Kier alpha value is -2.03. The van der Waals surface area contributed by atoms with Crippen molar-refractivity contribution < 1.29 is 12.8 Å². The first-order valence-electron chi connectivity index (χ1n) is 7.46. The maximum atomic E-state index is 12.3. The molecule has 1 aromatic carbocycles. The van der Waals surface area contributed by atoms with Crippen molar-refractivity contribution in [3.8, 4) is 11.5 Å². The van der Waals surface area contributed by atoms with Crippen LogP contribution in [0.15, 0.2) is 45.0 Å². The molecular weight excluding hydrogens is 346 g/mol. The lowest BCUT2D eigenvalue weighted by atomic mass is 10.1. The molecule has 0 atom stereocenters. The minimum atomic E-state index is -3.57. The van der Waals surface area contributed by atoms with Gasteiger partial charge in [-0.2, -0.15) is 0 Å². The van der Waals surface area contributed by atoms with Crippen LogP contribution in [0.1, 0.15) is 23.3 Å². The molecule has 2 aromatic heterocycles. The lowest BCUT2D eigenvalue weighted by Gasteiger charge is -2.01. The Morgan fingerprint density at radius 2 is 1.88 bits per heavy atom. The van der Waals surface area contributed by atoms with Crippen LogP contribution >= 0.6 is 11.3 Å². The van der Waals surface area contributed by atoms with Crippen LogP contribution in [0.5, 0.6) is 0 Å². The number of thiophene rings is 1. The van der Waals surface area contributed by atoms with E-state index in [9.17, 15) is 8.42 Å². The van der Waals surface area contributed by atoms with Gasteiger partial charge in [-0.3, -0.25) is 0 Å². The van der Waals surface area contributed by atoms with E-state index in [1.54, 1.807) is 6.07 Å². The molecule has 0 saturated heterocycles. The van der Waals surface area contributed by atoms with Gasteiger partial charge in [-0.25, -0.2) is 13.1 Å². The van der Waals surface area contributed by atoms with E-state index < -0.39 is 10.0 Å². The van der Waals surface area contributed by atoms with Crippen LogP contribution in [0.2, 0.25) is 0 Å². The predicted molar refractivity (Wildman–Crippen MR) is 92.2 cm³/mol. The van der Waals surface area contributed by atoms with Crippen molar-refractivity contribution in [2.24, 2.45) is 0 Å². The summed E-state index contributed by atoms with van der Waals surface area (Å²) in [5, 5.41) is 7.85. The zero-order valence-corrected chi connectivity index (χ0v) is 14.9.